The number of rotatable bonds is 4. The van der Waals surface area contributed by atoms with Gasteiger partial charge in [0, 0.05) is 15.4 Å². The maximum Gasteiger partial charge on any atom is 0.266 e. The molecule has 0 aliphatic rings. The van der Waals surface area contributed by atoms with Gasteiger partial charge in [-0.3, -0.25) is 0 Å². The summed E-state index contributed by atoms with van der Waals surface area (Å²) in [6.07, 6.45) is -1.45. The standard InChI is InChI=1S/C17H13BrF3N3/c1-9(11-3-2-4-12(15(11)19)16(20)21)24-17-13-7-10(18)5-6-14(13)22-8-23-17/h2-9,16H,1H3,(H,22,23,24)/t9-/m1/s1. The van der Waals surface area contributed by atoms with Crippen LogP contribution in [-0.4, -0.2) is 9.97 Å². The lowest BCUT2D eigenvalue weighted by Crippen LogP contribution is -2.11. The number of anilines is 1. The van der Waals surface area contributed by atoms with Crippen LogP contribution in [0.4, 0.5) is 19.0 Å². The molecule has 0 aliphatic heterocycles. The highest BCUT2D eigenvalue weighted by Gasteiger charge is 2.20. The highest BCUT2D eigenvalue weighted by atomic mass is 79.9. The van der Waals surface area contributed by atoms with E-state index in [4.69, 9.17) is 0 Å². The van der Waals surface area contributed by atoms with Crippen molar-refractivity contribution in [2.75, 3.05) is 5.32 Å². The summed E-state index contributed by atoms with van der Waals surface area (Å²) in [4.78, 5) is 8.36. The molecule has 3 aromatic rings. The minimum Gasteiger partial charge on any atom is -0.363 e. The van der Waals surface area contributed by atoms with E-state index >= 15 is 0 Å². The van der Waals surface area contributed by atoms with Crippen molar-refractivity contribution >= 4 is 32.7 Å². The molecule has 0 bridgehead atoms. The first kappa shape index (κ1) is 16.7. The molecule has 0 fully saturated rings. The number of nitrogens with zero attached hydrogens (tertiary/aromatic N) is 2. The predicted molar refractivity (Wildman–Crippen MR) is 90.6 cm³/mol. The molecule has 0 unspecified atom stereocenters. The maximum absolute atomic E-state index is 14.3. The fraction of sp³-hybridized carbons (Fsp3) is 0.176. The van der Waals surface area contributed by atoms with Gasteiger partial charge in [0.1, 0.15) is 18.0 Å². The summed E-state index contributed by atoms with van der Waals surface area (Å²) in [6, 6.07) is 8.98. The van der Waals surface area contributed by atoms with E-state index in [2.05, 4.69) is 31.2 Å². The van der Waals surface area contributed by atoms with E-state index in [0.717, 1.165) is 21.4 Å². The van der Waals surface area contributed by atoms with Gasteiger partial charge in [0.05, 0.1) is 17.1 Å². The molecule has 3 nitrogen and oxygen atoms in total. The van der Waals surface area contributed by atoms with Crippen LogP contribution in [0.15, 0.2) is 47.2 Å². The highest BCUT2D eigenvalue weighted by Crippen LogP contribution is 2.30. The Morgan fingerprint density at radius 3 is 2.58 bits per heavy atom. The topological polar surface area (TPSA) is 37.8 Å². The zero-order chi connectivity index (χ0) is 17.3. The van der Waals surface area contributed by atoms with Crippen molar-refractivity contribution < 1.29 is 13.2 Å². The number of benzene rings is 2. The van der Waals surface area contributed by atoms with Crippen molar-refractivity contribution in [3.8, 4) is 0 Å². The first-order chi connectivity index (χ1) is 11.5. The third-order valence-electron chi connectivity index (χ3n) is 3.71. The van der Waals surface area contributed by atoms with Crippen LogP contribution in [0.1, 0.15) is 30.5 Å². The van der Waals surface area contributed by atoms with Crippen LogP contribution in [0.25, 0.3) is 10.9 Å². The molecule has 0 spiro atoms. The van der Waals surface area contributed by atoms with Crippen molar-refractivity contribution in [2.45, 2.75) is 19.4 Å². The minimum absolute atomic E-state index is 0.162. The molecule has 7 heteroatoms. The molecular formula is C17H13BrF3N3. The Morgan fingerprint density at radius 1 is 1.08 bits per heavy atom. The molecule has 124 valence electrons. The summed E-state index contributed by atoms with van der Waals surface area (Å²) in [5.41, 5.74) is 0.288. The van der Waals surface area contributed by atoms with Gasteiger partial charge in [0.2, 0.25) is 0 Å². The van der Waals surface area contributed by atoms with Gasteiger partial charge in [0.15, 0.2) is 0 Å². The van der Waals surface area contributed by atoms with Gasteiger partial charge < -0.3 is 5.32 Å². The molecule has 0 amide bonds. The van der Waals surface area contributed by atoms with E-state index in [-0.39, 0.29) is 5.56 Å². The van der Waals surface area contributed by atoms with Gasteiger partial charge in [0.25, 0.3) is 6.43 Å². The fourth-order valence-corrected chi connectivity index (χ4v) is 2.86. The second-order valence-electron chi connectivity index (χ2n) is 5.30. The lowest BCUT2D eigenvalue weighted by molar-refractivity contribution is 0.146. The Kier molecular flexibility index (Phi) is 4.71. The van der Waals surface area contributed by atoms with Gasteiger partial charge in [-0.05, 0) is 25.1 Å². The Hall–Kier alpha value is -2.15. The average Bonchev–Trinajstić information content (AvgIpc) is 2.55. The largest absolute Gasteiger partial charge is 0.363 e. The van der Waals surface area contributed by atoms with E-state index in [1.54, 1.807) is 6.92 Å². The monoisotopic (exact) mass is 395 g/mol. The Morgan fingerprint density at radius 2 is 1.83 bits per heavy atom. The summed E-state index contributed by atoms with van der Waals surface area (Å²) in [7, 11) is 0. The first-order valence-electron chi connectivity index (χ1n) is 7.20. The average molecular weight is 396 g/mol. The summed E-state index contributed by atoms with van der Waals surface area (Å²) in [6.45, 7) is 1.69. The first-order valence-corrected chi connectivity index (χ1v) is 8.00. The molecule has 0 saturated heterocycles. The number of nitrogens with one attached hydrogen (secondary N) is 1. The Balaban J connectivity index is 1.98. The Labute approximate surface area is 145 Å². The number of aromatic nitrogens is 2. The van der Waals surface area contributed by atoms with Crippen molar-refractivity contribution in [3.63, 3.8) is 0 Å². The van der Waals surface area contributed by atoms with Crippen LogP contribution in [0.5, 0.6) is 0 Å². The van der Waals surface area contributed by atoms with Crippen molar-refractivity contribution in [1.82, 2.24) is 9.97 Å². The van der Waals surface area contributed by atoms with Crippen LogP contribution in [0, 0.1) is 5.82 Å². The zero-order valence-corrected chi connectivity index (χ0v) is 14.2. The van der Waals surface area contributed by atoms with Crippen LogP contribution in [0.3, 0.4) is 0 Å². The molecule has 1 aromatic heterocycles. The van der Waals surface area contributed by atoms with Crippen molar-refractivity contribution in [2.24, 2.45) is 0 Å². The highest BCUT2D eigenvalue weighted by molar-refractivity contribution is 9.10. The van der Waals surface area contributed by atoms with Crippen molar-refractivity contribution in [1.29, 1.82) is 0 Å². The number of halogens is 4. The Bertz CT molecular complexity index is 886. The number of hydrogen-bond donors (Lipinski definition) is 1. The summed E-state index contributed by atoms with van der Waals surface area (Å²) >= 11 is 3.39. The molecule has 0 aliphatic carbocycles. The molecular weight excluding hydrogens is 383 g/mol. The molecule has 0 saturated carbocycles. The van der Waals surface area contributed by atoms with E-state index in [1.165, 1.54) is 18.5 Å². The fourth-order valence-electron chi connectivity index (χ4n) is 2.50. The molecule has 1 atom stereocenters. The van der Waals surface area contributed by atoms with Gasteiger partial charge in [-0.15, -0.1) is 0 Å². The second-order valence-corrected chi connectivity index (χ2v) is 6.22. The van der Waals surface area contributed by atoms with Gasteiger partial charge in [-0.25, -0.2) is 23.1 Å². The molecule has 3 rings (SSSR count). The smallest absolute Gasteiger partial charge is 0.266 e. The normalized spacial score (nSPS) is 12.6. The third kappa shape index (κ3) is 3.21. The lowest BCUT2D eigenvalue weighted by Gasteiger charge is -2.18. The number of alkyl halides is 2. The van der Waals surface area contributed by atoms with E-state index in [9.17, 15) is 13.2 Å². The molecule has 2 aromatic carbocycles. The van der Waals surface area contributed by atoms with Crippen LogP contribution in [-0.2, 0) is 0 Å². The van der Waals surface area contributed by atoms with Crippen LogP contribution < -0.4 is 5.32 Å². The molecule has 1 N–H and O–H groups in total. The van der Waals surface area contributed by atoms with E-state index in [1.807, 2.05) is 18.2 Å². The second kappa shape index (κ2) is 6.76. The SMILES string of the molecule is C[C@@H](Nc1ncnc2ccc(Br)cc12)c1cccc(C(F)F)c1F. The van der Waals surface area contributed by atoms with Crippen molar-refractivity contribution in [3.05, 3.63) is 64.1 Å². The zero-order valence-electron chi connectivity index (χ0n) is 12.6. The third-order valence-corrected chi connectivity index (χ3v) is 4.20. The summed E-state index contributed by atoms with van der Waals surface area (Å²) in [5.74, 6) is -0.386. The number of fused-ring (bicyclic) bond motifs is 1. The lowest BCUT2D eigenvalue weighted by atomic mass is 10.0. The predicted octanol–water partition coefficient (Wildman–Crippen LogP) is 5.64. The van der Waals surface area contributed by atoms with Gasteiger partial charge in [-0.1, -0.05) is 34.1 Å². The van der Waals surface area contributed by atoms with Gasteiger partial charge in [-0.2, -0.15) is 0 Å². The molecule has 24 heavy (non-hydrogen) atoms. The van der Waals surface area contributed by atoms with Crippen LogP contribution >= 0.6 is 15.9 Å². The maximum atomic E-state index is 14.3. The summed E-state index contributed by atoms with van der Waals surface area (Å²) < 4.78 is 40.9. The molecule has 1 heterocycles. The quantitative estimate of drug-likeness (QED) is 0.620. The van der Waals surface area contributed by atoms with E-state index in [0.29, 0.717) is 5.82 Å². The van der Waals surface area contributed by atoms with Crippen LogP contribution in [0.2, 0.25) is 0 Å². The van der Waals surface area contributed by atoms with E-state index < -0.39 is 23.8 Å². The number of hydrogen-bond acceptors (Lipinski definition) is 3. The minimum atomic E-state index is -2.85. The molecule has 0 radical (unpaired) electrons. The van der Waals surface area contributed by atoms with Gasteiger partial charge >= 0.3 is 0 Å². The summed E-state index contributed by atoms with van der Waals surface area (Å²) in [5, 5.41) is 3.83.